The zero-order valence-corrected chi connectivity index (χ0v) is 26.4. The minimum Gasteiger partial charge on any atom is -0.455 e. The summed E-state index contributed by atoms with van der Waals surface area (Å²) in [5, 5.41) is 15.5. The highest BCUT2D eigenvalue weighted by Crippen LogP contribution is 2.43. The monoisotopic (exact) mass is 605 g/mol. The molecule has 2 heteroatoms. The van der Waals surface area contributed by atoms with E-state index in [0.717, 1.165) is 17.6 Å². The Morgan fingerprint density at radius 1 is 0.468 bits per heavy atom. The van der Waals surface area contributed by atoms with Gasteiger partial charge in [-0.25, -0.2) is 0 Å². The number of benzene rings is 8. The first-order valence-electron chi connectivity index (χ1n) is 15.9. The van der Waals surface area contributed by atoms with Crippen LogP contribution in [-0.2, 0) is 6.42 Å². The molecule has 9 rings (SSSR count). The van der Waals surface area contributed by atoms with E-state index in [1.807, 2.05) is 6.07 Å². The van der Waals surface area contributed by atoms with Crippen molar-refractivity contribution in [3.05, 3.63) is 180 Å². The van der Waals surface area contributed by atoms with Gasteiger partial charge in [0.15, 0.2) is 0 Å². The molecule has 1 N–H and O–H groups in total. The highest BCUT2D eigenvalue weighted by atomic mass is 16.3. The molecule has 0 aliphatic rings. The number of nitrogens with one attached hydrogen (secondary N) is 1. The number of rotatable bonds is 3. The first-order chi connectivity index (χ1) is 23.2. The third kappa shape index (κ3) is 5.67. The minimum absolute atomic E-state index is 0.873. The standard InChI is InChI=1S/C31H20O.C13H12.CH3N/c1-2-10-20(11-3-1)18-21-19-27-24-14-5-4-12-22(24)23-13-6-7-15-25(23)30(27)31-29(21)26-16-8-9-17-28(26)32-31;1-11-6-5-9-13(10-11)12-7-3-2-4-8-12;1-2/h1-17,19H,18H2;2-10H,1H3;2H,1H2. The van der Waals surface area contributed by atoms with Gasteiger partial charge in [-0.05, 0) is 81.4 Å². The molecule has 8 aromatic carbocycles. The predicted molar refractivity (Wildman–Crippen MR) is 202 cm³/mol. The molecule has 0 spiro atoms. The maximum absolute atomic E-state index is 6.60. The van der Waals surface area contributed by atoms with E-state index in [1.165, 1.54) is 70.9 Å². The van der Waals surface area contributed by atoms with Crippen molar-refractivity contribution in [2.24, 2.45) is 0 Å². The summed E-state index contributed by atoms with van der Waals surface area (Å²) in [5.41, 5.74) is 8.44. The van der Waals surface area contributed by atoms with E-state index in [0.29, 0.717) is 0 Å². The first kappa shape index (κ1) is 29.7. The fraction of sp³-hybridized carbons (Fsp3) is 0.0444. The van der Waals surface area contributed by atoms with Crippen LogP contribution in [-0.4, -0.2) is 6.72 Å². The van der Waals surface area contributed by atoms with Gasteiger partial charge in [-0.2, -0.15) is 0 Å². The van der Waals surface area contributed by atoms with Crippen LogP contribution in [0.1, 0.15) is 16.7 Å². The van der Waals surface area contributed by atoms with E-state index in [9.17, 15) is 0 Å². The maximum Gasteiger partial charge on any atom is 0.144 e. The lowest BCUT2D eigenvalue weighted by molar-refractivity contribution is 0.673. The Morgan fingerprint density at radius 3 is 1.68 bits per heavy atom. The van der Waals surface area contributed by atoms with Crippen molar-refractivity contribution in [3.63, 3.8) is 0 Å². The van der Waals surface area contributed by atoms with Crippen LogP contribution in [0, 0.1) is 12.3 Å². The molecule has 1 heterocycles. The molecule has 47 heavy (non-hydrogen) atoms. The average Bonchev–Trinajstić information content (AvgIpc) is 3.54. The second-order valence-electron chi connectivity index (χ2n) is 11.7. The van der Waals surface area contributed by atoms with Gasteiger partial charge in [0.2, 0.25) is 0 Å². The molecule has 0 amide bonds. The van der Waals surface area contributed by atoms with E-state index < -0.39 is 0 Å². The van der Waals surface area contributed by atoms with E-state index in [4.69, 9.17) is 9.83 Å². The molecule has 2 nitrogen and oxygen atoms in total. The van der Waals surface area contributed by atoms with Gasteiger partial charge in [0.1, 0.15) is 11.2 Å². The molecule has 0 bridgehead atoms. The van der Waals surface area contributed by atoms with Crippen molar-refractivity contribution in [2.45, 2.75) is 13.3 Å². The van der Waals surface area contributed by atoms with E-state index >= 15 is 0 Å². The first-order valence-corrected chi connectivity index (χ1v) is 15.9. The Labute approximate surface area is 275 Å². The summed E-state index contributed by atoms with van der Waals surface area (Å²) >= 11 is 0. The molecule has 0 saturated heterocycles. The molecule has 9 aromatic rings. The van der Waals surface area contributed by atoms with Crippen LogP contribution in [0.15, 0.2) is 168 Å². The summed E-state index contributed by atoms with van der Waals surface area (Å²) in [7, 11) is 0. The smallest absolute Gasteiger partial charge is 0.144 e. The number of fused-ring (bicyclic) bond motifs is 10. The van der Waals surface area contributed by atoms with Crippen LogP contribution in [0.5, 0.6) is 0 Å². The fourth-order valence-electron chi connectivity index (χ4n) is 6.76. The van der Waals surface area contributed by atoms with Crippen LogP contribution in [0.3, 0.4) is 0 Å². The molecule has 0 fully saturated rings. The molecule has 1 aromatic heterocycles. The van der Waals surface area contributed by atoms with Crippen molar-refractivity contribution in [3.8, 4) is 11.1 Å². The van der Waals surface area contributed by atoms with Gasteiger partial charge >= 0.3 is 0 Å². The SMILES string of the molecule is C=N.Cc1cccc(-c2ccccc2)c1.c1ccc(Cc2cc3c4ccccc4c4ccccc4c3c3oc4ccccc4c23)cc1. The van der Waals surface area contributed by atoms with Crippen LogP contribution in [0.4, 0.5) is 0 Å². The highest BCUT2D eigenvalue weighted by molar-refractivity contribution is 6.32. The molecule has 0 aliphatic heterocycles. The topological polar surface area (TPSA) is 37.0 Å². The van der Waals surface area contributed by atoms with Gasteiger partial charge in [-0.1, -0.05) is 157 Å². The lowest BCUT2D eigenvalue weighted by Crippen LogP contribution is -1.92. The second kappa shape index (κ2) is 13.2. The van der Waals surface area contributed by atoms with Crippen molar-refractivity contribution < 1.29 is 4.42 Å². The van der Waals surface area contributed by atoms with Crippen LogP contribution < -0.4 is 0 Å². The van der Waals surface area contributed by atoms with Gasteiger partial charge in [0, 0.05) is 16.2 Å². The van der Waals surface area contributed by atoms with Crippen molar-refractivity contribution in [1.29, 1.82) is 5.41 Å². The summed E-state index contributed by atoms with van der Waals surface area (Å²) in [6.45, 7) is 4.62. The molecular weight excluding hydrogens is 571 g/mol. The quantitative estimate of drug-likeness (QED) is 0.158. The van der Waals surface area contributed by atoms with Crippen molar-refractivity contribution in [1.82, 2.24) is 0 Å². The lowest BCUT2D eigenvalue weighted by Gasteiger charge is -2.13. The summed E-state index contributed by atoms with van der Waals surface area (Å²) in [5.74, 6) is 0. The van der Waals surface area contributed by atoms with Gasteiger partial charge in [-0.3, -0.25) is 0 Å². The van der Waals surface area contributed by atoms with Crippen molar-refractivity contribution >= 4 is 61.0 Å². The fourth-order valence-corrected chi connectivity index (χ4v) is 6.76. The van der Waals surface area contributed by atoms with Crippen molar-refractivity contribution in [2.75, 3.05) is 0 Å². The third-order valence-electron chi connectivity index (χ3n) is 8.80. The molecule has 0 aliphatic carbocycles. The lowest BCUT2D eigenvalue weighted by atomic mass is 9.89. The van der Waals surface area contributed by atoms with Gasteiger partial charge in [0.25, 0.3) is 0 Å². The van der Waals surface area contributed by atoms with Crippen LogP contribution in [0.25, 0.3) is 65.4 Å². The summed E-state index contributed by atoms with van der Waals surface area (Å²) in [6.07, 6.45) is 0.873. The maximum atomic E-state index is 6.60. The molecule has 0 radical (unpaired) electrons. The molecular formula is C45H35NO. The average molecular weight is 606 g/mol. The van der Waals surface area contributed by atoms with E-state index in [1.54, 1.807) is 0 Å². The highest BCUT2D eigenvalue weighted by Gasteiger charge is 2.19. The Bertz CT molecular complexity index is 2480. The van der Waals surface area contributed by atoms with Gasteiger partial charge in [0.05, 0.1) is 0 Å². The summed E-state index contributed by atoms with van der Waals surface area (Å²) in [6, 6.07) is 58.0. The minimum atomic E-state index is 0.873. The van der Waals surface area contributed by atoms with Gasteiger partial charge in [-0.15, -0.1) is 0 Å². The molecule has 0 unspecified atom stereocenters. The van der Waals surface area contributed by atoms with Crippen LogP contribution >= 0.6 is 0 Å². The zero-order chi connectivity index (χ0) is 32.2. The van der Waals surface area contributed by atoms with E-state index in [-0.39, 0.29) is 0 Å². The number of hydrogen-bond donors (Lipinski definition) is 1. The third-order valence-corrected chi connectivity index (χ3v) is 8.80. The molecule has 0 atom stereocenters. The Balaban J connectivity index is 0.000000197. The molecule has 0 saturated carbocycles. The second-order valence-corrected chi connectivity index (χ2v) is 11.7. The van der Waals surface area contributed by atoms with Gasteiger partial charge < -0.3 is 9.83 Å². The molecule has 226 valence electrons. The number of aryl methyl sites for hydroxylation is 1. The van der Waals surface area contributed by atoms with E-state index in [2.05, 4.69) is 171 Å². The Kier molecular flexibility index (Phi) is 8.32. The van der Waals surface area contributed by atoms with Crippen LogP contribution in [0.2, 0.25) is 0 Å². The Hall–Kier alpha value is -5.99. The number of hydrogen-bond acceptors (Lipinski definition) is 2. The Morgan fingerprint density at radius 2 is 1.00 bits per heavy atom. The number of para-hydroxylation sites is 1. The largest absolute Gasteiger partial charge is 0.455 e. The zero-order valence-electron chi connectivity index (χ0n) is 26.4. The predicted octanol–water partition coefficient (Wildman–Crippen LogP) is 12.6. The summed E-state index contributed by atoms with van der Waals surface area (Å²) in [4.78, 5) is 0. The normalized spacial score (nSPS) is 10.9. The summed E-state index contributed by atoms with van der Waals surface area (Å²) < 4.78 is 6.60. The number of furan rings is 1.